The molecule has 0 aliphatic heterocycles. The average molecular weight is 657 g/mol. The van der Waals surface area contributed by atoms with E-state index in [9.17, 15) is 18.0 Å². The zero-order chi connectivity index (χ0) is 30.3. The summed E-state index contributed by atoms with van der Waals surface area (Å²) >= 11 is 3.44. The van der Waals surface area contributed by atoms with Crippen molar-refractivity contribution in [3.05, 3.63) is 88.4 Å². The maximum absolute atomic E-state index is 14.1. The molecular weight excluding hydrogens is 618 g/mol. The predicted octanol–water partition coefficient (Wildman–Crippen LogP) is 5.83. The van der Waals surface area contributed by atoms with Gasteiger partial charge in [-0.15, -0.1) is 0 Å². The number of nitrogens with zero attached hydrogens (tertiary/aromatic N) is 2. The molecule has 10 heteroatoms. The summed E-state index contributed by atoms with van der Waals surface area (Å²) in [6.45, 7) is 5.56. The van der Waals surface area contributed by atoms with Crippen molar-refractivity contribution in [3.63, 3.8) is 0 Å². The molecule has 0 radical (unpaired) electrons. The lowest BCUT2D eigenvalue weighted by atomic mass is 10.1. The quantitative estimate of drug-likeness (QED) is 0.265. The monoisotopic (exact) mass is 655 g/mol. The minimum absolute atomic E-state index is 0.0706. The van der Waals surface area contributed by atoms with Crippen molar-refractivity contribution in [1.82, 2.24) is 10.2 Å². The average Bonchev–Trinajstić information content (AvgIpc) is 3.49. The van der Waals surface area contributed by atoms with Crippen LogP contribution in [0.5, 0.6) is 5.75 Å². The topological polar surface area (TPSA) is 96.0 Å². The van der Waals surface area contributed by atoms with Gasteiger partial charge in [-0.3, -0.25) is 13.9 Å². The van der Waals surface area contributed by atoms with E-state index in [1.807, 2.05) is 38.1 Å². The third-order valence-electron chi connectivity index (χ3n) is 7.46. The van der Waals surface area contributed by atoms with Crippen molar-refractivity contribution in [3.8, 4) is 5.75 Å². The second kappa shape index (κ2) is 14.2. The van der Waals surface area contributed by atoms with Crippen LogP contribution in [0.2, 0.25) is 0 Å². The van der Waals surface area contributed by atoms with Crippen molar-refractivity contribution in [1.29, 1.82) is 0 Å². The number of carbonyl (C=O) groups excluding carboxylic acids is 2. The molecule has 0 aromatic heterocycles. The summed E-state index contributed by atoms with van der Waals surface area (Å²) in [6.07, 6.45) is 3.96. The van der Waals surface area contributed by atoms with Crippen LogP contribution in [0.15, 0.2) is 82.2 Å². The Morgan fingerprint density at radius 3 is 2.19 bits per heavy atom. The first-order chi connectivity index (χ1) is 20.1. The van der Waals surface area contributed by atoms with Crippen molar-refractivity contribution in [2.45, 2.75) is 70.0 Å². The van der Waals surface area contributed by atoms with Gasteiger partial charge in [-0.25, -0.2) is 8.42 Å². The summed E-state index contributed by atoms with van der Waals surface area (Å²) in [5.41, 5.74) is 2.06. The highest BCUT2D eigenvalue weighted by Crippen LogP contribution is 2.27. The number of amides is 2. The second-order valence-corrected chi connectivity index (χ2v) is 13.3. The normalized spacial score (nSPS) is 14.3. The van der Waals surface area contributed by atoms with Crippen LogP contribution in [0.25, 0.3) is 0 Å². The summed E-state index contributed by atoms with van der Waals surface area (Å²) in [5.74, 6) is -0.146. The highest BCUT2D eigenvalue weighted by molar-refractivity contribution is 9.10. The number of aryl methyl sites for hydroxylation is 1. The van der Waals surface area contributed by atoms with Crippen molar-refractivity contribution < 1.29 is 22.7 Å². The molecule has 1 N–H and O–H groups in total. The van der Waals surface area contributed by atoms with E-state index in [0.717, 1.165) is 45.6 Å². The number of halogens is 1. The number of hydrogen-bond donors (Lipinski definition) is 1. The molecule has 1 aliphatic rings. The molecule has 224 valence electrons. The molecule has 1 atom stereocenters. The van der Waals surface area contributed by atoms with Gasteiger partial charge in [-0.1, -0.05) is 58.6 Å². The van der Waals surface area contributed by atoms with Gasteiger partial charge in [0.25, 0.3) is 10.0 Å². The molecule has 0 spiro atoms. The Hall–Kier alpha value is -3.37. The maximum Gasteiger partial charge on any atom is 0.264 e. The van der Waals surface area contributed by atoms with Crippen LogP contribution in [-0.4, -0.2) is 50.4 Å². The Kier molecular flexibility index (Phi) is 10.7. The molecule has 1 fully saturated rings. The maximum atomic E-state index is 14.1. The number of sulfonamides is 1. The molecular formula is C32H38BrN3O5S. The minimum Gasteiger partial charge on any atom is -0.494 e. The third kappa shape index (κ3) is 7.92. The first kappa shape index (κ1) is 31.6. The van der Waals surface area contributed by atoms with Gasteiger partial charge < -0.3 is 15.0 Å². The highest BCUT2D eigenvalue weighted by atomic mass is 79.9. The molecule has 2 amide bonds. The van der Waals surface area contributed by atoms with Crippen LogP contribution in [-0.2, 0) is 26.2 Å². The van der Waals surface area contributed by atoms with Gasteiger partial charge >= 0.3 is 0 Å². The van der Waals surface area contributed by atoms with Gasteiger partial charge in [0, 0.05) is 17.1 Å². The van der Waals surface area contributed by atoms with E-state index in [0.29, 0.717) is 18.0 Å². The van der Waals surface area contributed by atoms with Crippen LogP contribution in [0.4, 0.5) is 5.69 Å². The Labute approximate surface area is 257 Å². The molecule has 0 heterocycles. The van der Waals surface area contributed by atoms with E-state index in [4.69, 9.17) is 4.74 Å². The van der Waals surface area contributed by atoms with E-state index >= 15 is 0 Å². The number of hydrogen-bond acceptors (Lipinski definition) is 5. The van der Waals surface area contributed by atoms with Crippen LogP contribution in [0, 0.1) is 6.92 Å². The first-order valence-electron chi connectivity index (χ1n) is 14.2. The van der Waals surface area contributed by atoms with Gasteiger partial charge in [0.05, 0.1) is 17.2 Å². The number of anilines is 1. The molecule has 42 heavy (non-hydrogen) atoms. The summed E-state index contributed by atoms with van der Waals surface area (Å²) in [5, 5.41) is 3.09. The molecule has 8 nitrogen and oxygen atoms in total. The molecule has 0 bridgehead atoms. The van der Waals surface area contributed by atoms with Gasteiger partial charge in [-0.05, 0) is 87.7 Å². The number of ether oxygens (including phenoxy) is 1. The fourth-order valence-electron chi connectivity index (χ4n) is 5.00. The van der Waals surface area contributed by atoms with Crippen molar-refractivity contribution >= 4 is 43.5 Å². The lowest BCUT2D eigenvalue weighted by molar-refractivity contribution is -0.139. The predicted molar refractivity (Wildman–Crippen MR) is 168 cm³/mol. The van der Waals surface area contributed by atoms with E-state index < -0.39 is 28.5 Å². The van der Waals surface area contributed by atoms with Crippen LogP contribution in [0.3, 0.4) is 0 Å². The third-order valence-corrected chi connectivity index (χ3v) is 9.78. The van der Waals surface area contributed by atoms with Gasteiger partial charge in [0.15, 0.2) is 0 Å². The Bertz CT molecular complexity index is 1460. The van der Waals surface area contributed by atoms with Crippen LogP contribution in [0.1, 0.15) is 50.7 Å². The van der Waals surface area contributed by atoms with E-state index in [1.165, 1.54) is 17.0 Å². The summed E-state index contributed by atoms with van der Waals surface area (Å²) in [7, 11) is -4.13. The standard InChI is InChI=1S/C32H38BrN3O5S/c1-4-41-29-17-15-28(16-18-29)36(42(39,40)30-19-9-23(2)10-20-30)22-31(37)35(21-25-11-13-26(33)14-12-25)24(3)32(38)34-27-7-5-6-8-27/h9-20,24,27H,4-8,21-22H2,1-3H3,(H,34,38)/t24-/m0/s1. The summed E-state index contributed by atoms with van der Waals surface area (Å²) in [6, 6.07) is 19.9. The molecule has 3 aromatic rings. The smallest absolute Gasteiger partial charge is 0.264 e. The molecule has 3 aromatic carbocycles. The minimum atomic E-state index is -4.13. The Balaban J connectivity index is 1.68. The van der Waals surface area contributed by atoms with E-state index in [-0.39, 0.29) is 23.4 Å². The fraction of sp³-hybridized carbons (Fsp3) is 0.375. The first-order valence-corrected chi connectivity index (χ1v) is 16.5. The summed E-state index contributed by atoms with van der Waals surface area (Å²) < 4.78 is 35.5. The number of rotatable bonds is 12. The zero-order valence-corrected chi connectivity index (χ0v) is 26.7. The molecule has 1 aliphatic carbocycles. The molecule has 0 unspecified atom stereocenters. The van der Waals surface area contributed by atoms with Crippen LogP contribution >= 0.6 is 15.9 Å². The number of carbonyl (C=O) groups is 2. The van der Waals surface area contributed by atoms with E-state index in [2.05, 4.69) is 21.2 Å². The SMILES string of the molecule is CCOc1ccc(N(CC(=O)N(Cc2ccc(Br)cc2)[C@@H](C)C(=O)NC2CCCC2)S(=O)(=O)c2ccc(C)cc2)cc1. The fourth-order valence-corrected chi connectivity index (χ4v) is 6.68. The van der Waals surface area contributed by atoms with E-state index in [1.54, 1.807) is 43.3 Å². The highest BCUT2D eigenvalue weighted by Gasteiger charge is 2.33. The molecule has 1 saturated carbocycles. The number of nitrogens with one attached hydrogen (secondary N) is 1. The zero-order valence-electron chi connectivity index (χ0n) is 24.3. The Morgan fingerprint density at radius 1 is 0.976 bits per heavy atom. The van der Waals surface area contributed by atoms with Crippen molar-refractivity contribution in [2.75, 3.05) is 17.5 Å². The number of benzene rings is 3. The molecule has 4 rings (SSSR count). The molecule has 0 saturated heterocycles. The lowest BCUT2D eigenvalue weighted by Gasteiger charge is -2.32. The second-order valence-electron chi connectivity index (χ2n) is 10.6. The van der Waals surface area contributed by atoms with Crippen molar-refractivity contribution in [2.24, 2.45) is 0 Å². The van der Waals surface area contributed by atoms with Gasteiger partial charge in [0.2, 0.25) is 11.8 Å². The van der Waals surface area contributed by atoms with Crippen LogP contribution < -0.4 is 14.4 Å². The summed E-state index contributed by atoms with van der Waals surface area (Å²) in [4.78, 5) is 29.0. The van der Waals surface area contributed by atoms with Gasteiger partial charge in [0.1, 0.15) is 18.3 Å². The lowest BCUT2D eigenvalue weighted by Crippen LogP contribution is -2.52. The Morgan fingerprint density at radius 2 is 1.60 bits per heavy atom. The largest absolute Gasteiger partial charge is 0.494 e. The van der Waals surface area contributed by atoms with Gasteiger partial charge in [-0.2, -0.15) is 0 Å².